The summed E-state index contributed by atoms with van der Waals surface area (Å²) >= 11 is 3.56. The SMILES string of the molecule is Brc1ccc(C2=NC(N3CCOCC3)C(c3ccccc3)N2c2ccccc2)cc1. The van der Waals surface area contributed by atoms with Gasteiger partial charge in [-0.05, 0) is 29.8 Å². The van der Waals surface area contributed by atoms with Crippen molar-refractivity contribution in [2.24, 2.45) is 4.99 Å². The van der Waals surface area contributed by atoms with Crippen LogP contribution in [0.25, 0.3) is 0 Å². The first kappa shape index (κ1) is 19.5. The van der Waals surface area contributed by atoms with Gasteiger partial charge in [0.05, 0.1) is 19.3 Å². The van der Waals surface area contributed by atoms with E-state index in [0.29, 0.717) is 0 Å². The lowest BCUT2D eigenvalue weighted by atomic mass is 10.0. The first-order valence-corrected chi connectivity index (χ1v) is 11.2. The van der Waals surface area contributed by atoms with E-state index in [0.717, 1.165) is 47.9 Å². The highest BCUT2D eigenvalue weighted by atomic mass is 79.9. The Labute approximate surface area is 185 Å². The summed E-state index contributed by atoms with van der Waals surface area (Å²) < 4.78 is 6.70. The molecule has 5 heteroatoms. The Morgan fingerprint density at radius 2 is 1.43 bits per heavy atom. The van der Waals surface area contributed by atoms with E-state index < -0.39 is 0 Å². The van der Waals surface area contributed by atoms with Gasteiger partial charge in [-0.3, -0.25) is 4.90 Å². The number of morpholine rings is 1. The second kappa shape index (κ2) is 8.72. The van der Waals surface area contributed by atoms with Crippen LogP contribution in [0.4, 0.5) is 5.69 Å². The Morgan fingerprint density at radius 3 is 2.10 bits per heavy atom. The van der Waals surface area contributed by atoms with Crippen molar-refractivity contribution in [3.63, 3.8) is 0 Å². The van der Waals surface area contributed by atoms with E-state index in [9.17, 15) is 0 Å². The number of rotatable bonds is 4. The van der Waals surface area contributed by atoms with E-state index in [1.54, 1.807) is 0 Å². The average Bonchev–Trinajstić information content (AvgIpc) is 3.22. The van der Waals surface area contributed by atoms with Crippen molar-refractivity contribution in [3.05, 3.63) is 101 Å². The molecule has 0 aliphatic carbocycles. The lowest BCUT2D eigenvalue weighted by Gasteiger charge is -2.37. The summed E-state index contributed by atoms with van der Waals surface area (Å²) in [7, 11) is 0. The second-order valence-corrected chi connectivity index (χ2v) is 8.50. The van der Waals surface area contributed by atoms with Crippen LogP contribution in [0.2, 0.25) is 0 Å². The largest absolute Gasteiger partial charge is 0.379 e. The zero-order chi connectivity index (χ0) is 20.3. The molecule has 0 radical (unpaired) electrons. The van der Waals surface area contributed by atoms with Crippen molar-refractivity contribution in [1.82, 2.24) is 4.90 Å². The summed E-state index contributed by atoms with van der Waals surface area (Å²) in [6.45, 7) is 3.31. The van der Waals surface area contributed by atoms with Crippen molar-refractivity contribution < 1.29 is 4.74 Å². The highest BCUT2D eigenvalue weighted by molar-refractivity contribution is 9.10. The molecule has 2 unspecified atom stereocenters. The van der Waals surface area contributed by atoms with Gasteiger partial charge in [-0.15, -0.1) is 0 Å². The quantitative estimate of drug-likeness (QED) is 0.539. The molecule has 2 heterocycles. The minimum atomic E-state index is 0.0372. The Hall–Kier alpha value is -2.47. The molecule has 3 aromatic rings. The van der Waals surface area contributed by atoms with Crippen LogP contribution in [-0.4, -0.2) is 43.2 Å². The average molecular weight is 462 g/mol. The number of aliphatic imine (C=N–C) groups is 1. The first-order valence-electron chi connectivity index (χ1n) is 10.4. The fourth-order valence-corrected chi connectivity index (χ4v) is 4.57. The Kier molecular flexibility index (Phi) is 5.67. The highest BCUT2D eigenvalue weighted by Crippen LogP contribution is 2.39. The standard InChI is InChI=1S/C25H24BrN3O/c26-21-13-11-20(12-14-21)24-27-25(28-15-17-30-18-16-28)23(19-7-3-1-4-8-19)29(24)22-9-5-2-6-10-22/h1-14,23,25H,15-18H2. The van der Waals surface area contributed by atoms with Gasteiger partial charge >= 0.3 is 0 Å². The van der Waals surface area contributed by atoms with Crippen molar-refractivity contribution in [2.45, 2.75) is 12.2 Å². The minimum Gasteiger partial charge on any atom is -0.379 e. The maximum atomic E-state index is 5.63. The number of amidine groups is 1. The van der Waals surface area contributed by atoms with Crippen molar-refractivity contribution >= 4 is 27.5 Å². The molecule has 0 amide bonds. The third kappa shape index (κ3) is 3.81. The molecular weight excluding hydrogens is 438 g/mol. The summed E-state index contributed by atoms with van der Waals surface area (Å²) in [5, 5.41) is 0. The zero-order valence-electron chi connectivity index (χ0n) is 16.7. The third-order valence-electron chi connectivity index (χ3n) is 5.74. The van der Waals surface area contributed by atoms with Crippen molar-refractivity contribution in [1.29, 1.82) is 0 Å². The zero-order valence-corrected chi connectivity index (χ0v) is 18.3. The highest BCUT2D eigenvalue weighted by Gasteiger charge is 2.42. The van der Waals surface area contributed by atoms with Gasteiger partial charge in [-0.25, -0.2) is 4.99 Å². The van der Waals surface area contributed by atoms with Gasteiger partial charge in [-0.2, -0.15) is 0 Å². The number of ether oxygens (including phenoxy) is 1. The molecule has 1 saturated heterocycles. The maximum Gasteiger partial charge on any atom is 0.137 e. The molecule has 2 aliphatic heterocycles. The van der Waals surface area contributed by atoms with Gasteiger partial charge in [-0.1, -0.05) is 76.6 Å². The Morgan fingerprint density at radius 1 is 0.800 bits per heavy atom. The molecule has 0 bridgehead atoms. The molecule has 0 saturated carbocycles. The fourth-order valence-electron chi connectivity index (χ4n) is 4.30. The molecule has 5 rings (SSSR count). The van der Waals surface area contributed by atoms with E-state index in [2.05, 4.69) is 111 Å². The van der Waals surface area contributed by atoms with E-state index in [4.69, 9.17) is 9.73 Å². The number of nitrogens with zero attached hydrogens (tertiary/aromatic N) is 3. The molecule has 3 aromatic carbocycles. The van der Waals surface area contributed by atoms with Crippen LogP contribution in [0.1, 0.15) is 17.2 Å². The van der Waals surface area contributed by atoms with Crippen LogP contribution in [0.3, 0.4) is 0 Å². The van der Waals surface area contributed by atoms with Crippen LogP contribution < -0.4 is 4.90 Å². The molecule has 30 heavy (non-hydrogen) atoms. The molecule has 2 aliphatic rings. The predicted molar refractivity (Wildman–Crippen MR) is 125 cm³/mol. The minimum absolute atomic E-state index is 0.0372. The smallest absolute Gasteiger partial charge is 0.137 e. The summed E-state index contributed by atoms with van der Waals surface area (Å²) in [6, 6.07) is 29.9. The molecule has 2 atom stereocenters. The predicted octanol–water partition coefficient (Wildman–Crippen LogP) is 5.12. The van der Waals surface area contributed by atoms with Crippen molar-refractivity contribution in [2.75, 3.05) is 31.2 Å². The van der Waals surface area contributed by atoms with Crippen LogP contribution in [-0.2, 0) is 4.74 Å². The van der Waals surface area contributed by atoms with Gasteiger partial charge in [0.25, 0.3) is 0 Å². The van der Waals surface area contributed by atoms with Gasteiger partial charge in [0.1, 0.15) is 12.0 Å². The van der Waals surface area contributed by atoms with Gasteiger partial charge < -0.3 is 9.64 Å². The van der Waals surface area contributed by atoms with Crippen LogP contribution in [0, 0.1) is 0 Å². The molecular formula is C25H24BrN3O. The van der Waals surface area contributed by atoms with Crippen molar-refractivity contribution in [3.8, 4) is 0 Å². The molecule has 0 N–H and O–H groups in total. The van der Waals surface area contributed by atoms with E-state index >= 15 is 0 Å². The summed E-state index contributed by atoms with van der Waals surface area (Å²) in [6.07, 6.45) is 0.0372. The Balaban J connectivity index is 1.65. The molecule has 0 spiro atoms. The van der Waals surface area contributed by atoms with Crippen LogP contribution in [0.15, 0.2) is 94.4 Å². The number of para-hydroxylation sites is 1. The lowest BCUT2D eigenvalue weighted by molar-refractivity contribution is 0.0150. The van der Waals surface area contributed by atoms with Crippen LogP contribution >= 0.6 is 15.9 Å². The van der Waals surface area contributed by atoms with E-state index in [1.165, 1.54) is 5.56 Å². The van der Waals surface area contributed by atoms with E-state index in [1.807, 2.05) is 0 Å². The summed E-state index contributed by atoms with van der Waals surface area (Å²) in [5.41, 5.74) is 3.55. The number of hydrogen-bond donors (Lipinski definition) is 0. The summed E-state index contributed by atoms with van der Waals surface area (Å²) in [4.78, 5) is 10.2. The number of hydrogen-bond acceptors (Lipinski definition) is 4. The molecule has 1 fully saturated rings. The monoisotopic (exact) mass is 461 g/mol. The third-order valence-corrected chi connectivity index (χ3v) is 6.27. The number of benzene rings is 3. The van der Waals surface area contributed by atoms with Gasteiger partial charge in [0.2, 0.25) is 0 Å². The second-order valence-electron chi connectivity index (χ2n) is 7.58. The van der Waals surface area contributed by atoms with Crippen LogP contribution in [0.5, 0.6) is 0 Å². The molecule has 0 aromatic heterocycles. The topological polar surface area (TPSA) is 28.1 Å². The molecule has 152 valence electrons. The van der Waals surface area contributed by atoms with E-state index in [-0.39, 0.29) is 12.2 Å². The summed E-state index contributed by atoms with van der Waals surface area (Å²) in [5.74, 6) is 1.01. The number of anilines is 1. The Bertz CT molecular complexity index is 1000. The maximum absolute atomic E-state index is 5.63. The normalized spacial score (nSPS) is 22.2. The first-order chi connectivity index (χ1) is 14.8. The number of halogens is 1. The van der Waals surface area contributed by atoms with Gasteiger partial charge in [0.15, 0.2) is 0 Å². The van der Waals surface area contributed by atoms with Gasteiger partial charge in [0, 0.05) is 28.8 Å². The lowest BCUT2D eigenvalue weighted by Crippen LogP contribution is -2.46. The molecule has 4 nitrogen and oxygen atoms in total. The fraction of sp³-hybridized carbons (Fsp3) is 0.240.